The first-order chi connectivity index (χ1) is 11.3. The zero-order valence-corrected chi connectivity index (χ0v) is 15.2. The third-order valence-corrected chi connectivity index (χ3v) is 5.44. The molecule has 5 heteroatoms. The maximum absolute atomic E-state index is 4.98. The normalized spacial score (nSPS) is 37.2. The molecule has 0 aromatic carbocycles. The standard InChI is InChI=1S/C19H22N4.V/c1-3-14-10-16-5-7-18(22-16)19-8-6-17(23-19)11-15-4-2-13(21-15)9-12(1)20-14;/h9-11,18-19,22H,1-8H2;/b12-9-,15-11-,16-10-;. The molecule has 1 N–H and O–H groups in total. The third kappa shape index (κ3) is 3.10. The van der Waals surface area contributed by atoms with E-state index < -0.39 is 0 Å². The van der Waals surface area contributed by atoms with Gasteiger partial charge in [-0.15, -0.1) is 0 Å². The summed E-state index contributed by atoms with van der Waals surface area (Å²) in [6.45, 7) is 0. The van der Waals surface area contributed by atoms with Gasteiger partial charge in [0.2, 0.25) is 0 Å². The fraction of sp³-hybridized carbons (Fsp3) is 0.526. The number of fused-ring (bicyclic) bond motifs is 6. The molecule has 0 amide bonds. The topological polar surface area (TPSA) is 49.1 Å². The van der Waals surface area contributed by atoms with Crippen LogP contribution in [0.15, 0.2) is 50.3 Å². The van der Waals surface area contributed by atoms with Gasteiger partial charge in [-0.05, 0) is 69.6 Å². The molecule has 4 nitrogen and oxygen atoms in total. The Balaban J connectivity index is 0.00000146. The van der Waals surface area contributed by atoms with Gasteiger partial charge in [0.15, 0.2) is 0 Å². The van der Waals surface area contributed by atoms with Crippen LogP contribution in [0, 0.1) is 0 Å². The number of nitrogens with one attached hydrogen (secondary N) is 1. The number of aliphatic imine (C=N–C) groups is 3. The Morgan fingerprint density at radius 3 is 2.25 bits per heavy atom. The van der Waals surface area contributed by atoms with E-state index >= 15 is 0 Å². The van der Waals surface area contributed by atoms with Crippen molar-refractivity contribution in [2.45, 2.75) is 63.5 Å². The fourth-order valence-corrected chi connectivity index (χ4v) is 4.24. The van der Waals surface area contributed by atoms with E-state index in [4.69, 9.17) is 15.0 Å². The quantitative estimate of drug-likeness (QED) is 0.709. The summed E-state index contributed by atoms with van der Waals surface area (Å²) >= 11 is 0. The van der Waals surface area contributed by atoms with Crippen LogP contribution in [0.5, 0.6) is 0 Å². The fourth-order valence-electron chi connectivity index (χ4n) is 4.24. The van der Waals surface area contributed by atoms with Gasteiger partial charge < -0.3 is 5.32 Å². The van der Waals surface area contributed by atoms with E-state index in [1.165, 1.54) is 47.1 Å². The van der Waals surface area contributed by atoms with Crippen LogP contribution in [0.4, 0.5) is 0 Å². The molecule has 0 spiro atoms. The van der Waals surface area contributed by atoms with Crippen LogP contribution in [0.25, 0.3) is 0 Å². The van der Waals surface area contributed by atoms with Crippen molar-refractivity contribution in [2.24, 2.45) is 15.0 Å². The number of nitrogens with zero attached hydrogens (tertiary/aromatic N) is 3. The Morgan fingerprint density at radius 2 is 1.46 bits per heavy atom. The average molecular weight is 357 g/mol. The molecule has 24 heavy (non-hydrogen) atoms. The average Bonchev–Trinajstić information content (AvgIpc) is 3.28. The Kier molecular flexibility index (Phi) is 4.36. The summed E-state index contributed by atoms with van der Waals surface area (Å²) in [4.78, 5) is 14.6. The predicted octanol–water partition coefficient (Wildman–Crippen LogP) is 3.47. The molecule has 1 radical (unpaired) electrons. The van der Waals surface area contributed by atoms with Gasteiger partial charge in [0.1, 0.15) is 0 Å². The molecule has 0 aromatic rings. The largest absolute Gasteiger partial charge is 0.383 e. The van der Waals surface area contributed by atoms with Gasteiger partial charge in [0.25, 0.3) is 0 Å². The molecular weight excluding hydrogens is 335 g/mol. The van der Waals surface area contributed by atoms with E-state index in [0.717, 1.165) is 38.5 Å². The monoisotopic (exact) mass is 357 g/mol. The Labute approximate surface area is 154 Å². The van der Waals surface area contributed by atoms with Crippen LogP contribution in [-0.4, -0.2) is 29.2 Å². The first kappa shape index (κ1) is 16.1. The molecule has 0 saturated carbocycles. The second kappa shape index (κ2) is 6.49. The van der Waals surface area contributed by atoms with Crippen molar-refractivity contribution < 1.29 is 18.6 Å². The Morgan fingerprint density at radius 1 is 0.750 bits per heavy atom. The van der Waals surface area contributed by atoms with Crippen molar-refractivity contribution in [1.82, 2.24) is 5.32 Å². The van der Waals surface area contributed by atoms with Crippen LogP contribution < -0.4 is 5.32 Å². The first-order valence-electron chi connectivity index (χ1n) is 8.92. The summed E-state index contributed by atoms with van der Waals surface area (Å²) in [5.74, 6) is 0. The second-order valence-electron chi connectivity index (χ2n) is 7.16. The van der Waals surface area contributed by atoms with Gasteiger partial charge in [-0.1, -0.05) is 0 Å². The van der Waals surface area contributed by atoms with Gasteiger partial charge >= 0.3 is 0 Å². The molecule has 1 fully saturated rings. The van der Waals surface area contributed by atoms with Crippen LogP contribution in [-0.2, 0) is 18.6 Å². The minimum absolute atomic E-state index is 0. The maximum atomic E-state index is 4.98. The SMILES string of the molecule is C1=C2/CCC(=N2)/C=C2/CCC(N2)C2CCC(=N2)/C=C2/CCC/1=N2.[V]. The number of rotatable bonds is 0. The molecular formula is C19H22N4V. The molecule has 0 aromatic heterocycles. The minimum Gasteiger partial charge on any atom is -0.383 e. The number of allylic oxidation sites excluding steroid dienone is 6. The van der Waals surface area contributed by atoms with E-state index in [0.29, 0.717) is 12.1 Å². The molecule has 2 unspecified atom stereocenters. The minimum atomic E-state index is 0. The smallest absolute Gasteiger partial charge is 0.0707 e. The first-order valence-corrected chi connectivity index (χ1v) is 8.92. The van der Waals surface area contributed by atoms with E-state index in [1.54, 1.807) is 0 Å². The van der Waals surface area contributed by atoms with Crippen LogP contribution in [0.1, 0.15) is 51.4 Å². The van der Waals surface area contributed by atoms with Crippen molar-refractivity contribution in [3.63, 3.8) is 0 Å². The Bertz CT molecular complexity index is 738. The van der Waals surface area contributed by atoms with Crippen LogP contribution in [0.2, 0.25) is 0 Å². The molecule has 1 saturated heterocycles. The Hall–Kier alpha value is -1.39. The predicted molar refractivity (Wildman–Crippen MR) is 94.2 cm³/mol. The molecule has 0 aliphatic carbocycles. The summed E-state index contributed by atoms with van der Waals surface area (Å²) in [7, 11) is 0. The molecule has 5 aliphatic heterocycles. The van der Waals surface area contributed by atoms with Gasteiger partial charge in [-0.25, -0.2) is 0 Å². The van der Waals surface area contributed by atoms with Crippen molar-refractivity contribution in [3.05, 3.63) is 35.3 Å². The van der Waals surface area contributed by atoms with Gasteiger partial charge in [0.05, 0.1) is 6.04 Å². The van der Waals surface area contributed by atoms with Crippen molar-refractivity contribution in [3.8, 4) is 0 Å². The summed E-state index contributed by atoms with van der Waals surface area (Å²) < 4.78 is 0. The molecule has 5 rings (SSSR count). The summed E-state index contributed by atoms with van der Waals surface area (Å²) in [6, 6.07) is 0.934. The molecule has 2 atom stereocenters. The summed E-state index contributed by atoms with van der Waals surface area (Å²) in [6.07, 6.45) is 15.5. The van der Waals surface area contributed by atoms with Crippen LogP contribution >= 0.6 is 0 Å². The number of hydrogen-bond acceptors (Lipinski definition) is 4. The van der Waals surface area contributed by atoms with Crippen molar-refractivity contribution in [1.29, 1.82) is 0 Å². The summed E-state index contributed by atoms with van der Waals surface area (Å²) in [5.41, 5.74) is 7.41. The second-order valence-corrected chi connectivity index (χ2v) is 7.16. The maximum Gasteiger partial charge on any atom is 0.0707 e. The molecule has 5 heterocycles. The van der Waals surface area contributed by atoms with E-state index in [2.05, 4.69) is 23.5 Å². The van der Waals surface area contributed by atoms with Gasteiger partial charge in [0, 0.05) is 58.8 Å². The van der Waals surface area contributed by atoms with Crippen molar-refractivity contribution >= 4 is 17.1 Å². The molecule has 123 valence electrons. The van der Waals surface area contributed by atoms with Crippen LogP contribution in [0.3, 0.4) is 0 Å². The van der Waals surface area contributed by atoms with E-state index in [-0.39, 0.29) is 18.6 Å². The third-order valence-electron chi connectivity index (χ3n) is 5.44. The zero-order valence-electron chi connectivity index (χ0n) is 13.8. The van der Waals surface area contributed by atoms with Gasteiger partial charge in [-0.3, -0.25) is 15.0 Å². The number of hydrogen-bond donors (Lipinski definition) is 1. The zero-order chi connectivity index (χ0) is 15.2. The van der Waals surface area contributed by atoms with Crippen molar-refractivity contribution in [2.75, 3.05) is 0 Å². The summed E-state index contributed by atoms with van der Waals surface area (Å²) in [5, 5.41) is 3.71. The molecule has 5 aliphatic rings. The van der Waals surface area contributed by atoms with Gasteiger partial charge in [-0.2, -0.15) is 0 Å². The molecule has 8 bridgehead atoms. The van der Waals surface area contributed by atoms with E-state index in [1.807, 2.05) is 0 Å². The van der Waals surface area contributed by atoms with E-state index in [9.17, 15) is 0 Å².